The number of pyridine rings is 1. The predicted molar refractivity (Wildman–Crippen MR) is 86.9 cm³/mol. The maximum Gasteiger partial charge on any atom is 0.135 e. The van der Waals surface area contributed by atoms with Crippen LogP contribution in [0.1, 0.15) is 33.5 Å². The van der Waals surface area contributed by atoms with E-state index in [4.69, 9.17) is 4.42 Å². The zero-order valence-electron chi connectivity index (χ0n) is 13.0. The summed E-state index contributed by atoms with van der Waals surface area (Å²) in [7, 11) is 0. The van der Waals surface area contributed by atoms with Gasteiger partial charge in [0.1, 0.15) is 11.5 Å². The molecule has 0 saturated carbocycles. The van der Waals surface area contributed by atoms with Crippen LogP contribution in [-0.2, 0) is 0 Å². The number of fused-ring (bicyclic) bond motifs is 1. The molecule has 2 aromatic heterocycles. The number of hydrogen-bond acceptors (Lipinski definition) is 2. The summed E-state index contributed by atoms with van der Waals surface area (Å²) >= 11 is 0. The molecule has 2 nitrogen and oxygen atoms in total. The monoisotopic (exact) mass is 269 g/mol. The molecule has 0 N–H and O–H groups in total. The lowest BCUT2D eigenvalue weighted by Crippen LogP contribution is -1.80. The maximum absolute atomic E-state index is 5.58. The van der Waals surface area contributed by atoms with Gasteiger partial charge in [-0.25, -0.2) is 0 Å². The summed E-state index contributed by atoms with van der Waals surface area (Å²) in [6.07, 6.45) is 1.85. The fraction of sp³-hybridized carbons (Fsp3) is 0.278. The number of rotatable bonds is 1. The van der Waals surface area contributed by atoms with Gasteiger partial charge in [-0.15, -0.1) is 0 Å². The highest BCUT2D eigenvalue weighted by molar-refractivity contribution is 5.82. The van der Waals surface area contributed by atoms with Gasteiger partial charge in [-0.3, -0.25) is 4.98 Å². The van der Waals surface area contributed by atoms with E-state index in [2.05, 4.69) is 17.1 Å². The Morgan fingerprint density at radius 3 is 2.25 bits per heavy atom. The Morgan fingerprint density at radius 1 is 0.900 bits per heavy atom. The van der Waals surface area contributed by atoms with E-state index in [0.29, 0.717) is 0 Å². The van der Waals surface area contributed by atoms with Crippen LogP contribution >= 0.6 is 0 Å². The molecule has 20 heavy (non-hydrogen) atoms. The lowest BCUT2D eigenvalue weighted by atomic mass is 10.1. The Bertz CT molecular complexity index is 640. The molecule has 2 heterocycles. The molecule has 3 rings (SSSR count). The lowest BCUT2D eigenvalue weighted by Gasteiger charge is -1.99. The molecule has 0 aliphatic rings. The van der Waals surface area contributed by atoms with Crippen molar-refractivity contribution < 1.29 is 4.42 Å². The van der Waals surface area contributed by atoms with E-state index >= 15 is 0 Å². The van der Waals surface area contributed by atoms with Crippen LogP contribution in [0.25, 0.3) is 22.2 Å². The summed E-state index contributed by atoms with van der Waals surface area (Å²) in [5.74, 6) is 1.79. The fourth-order valence-electron chi connectivity index (χ4n) is 1.80. The normalized spacial score (nSPS) is 9.25. The summed E-state index contributed by atoms with van der Waals surface area (Å²) in [5.41, 5.74) is 2.03. The van der Waals surface area contributed by atoms with Gasteiger partial charge >= 0.3 is 0 Å². The summed E-state index contributed by atoms with van der Waals surface area (Å²) in [6, 6.07) is 14.1. The molecule has 3 aromatic rings. The molecule has 0 radical (unpaired) electrons. The third-order valence-electron chi connectivity index (χ3n) is 2.62. The average Bonchev–Trinajstić information content (AvgIpc) is 2.97. The van der Waals surface area contributed by atoms with Crippen molar-refractivity contribution in [2.45, 2.75) is 34.6 Å². The molecular formula is C18H23NO. The summed E-state index contributed by atoms with van der Waals surface area (Å²) in [5, 5.41) is 1.13. The summed E-state index contributed by atoms with van der Waals surface area (Å²) < 4.78 is 5.58. The lowest BCUT2D eigenvalue weighted by molar-refractivity contribution is 0.548. The SMILES string of the molecule is CC.CC.Cc1ccc(-c2cnc3ccccc3c2)o1. The van der Waals surface area contributed by atoms with E-state index in [0.717, 1.165) is 28.0 Å². The Balaban J connectivity index is 0.000000461. The predicted octanol–water partition coefficient (Wildman–Crippen LogP) is 5.86. The molecule has 0 fully saturated rings. The van der Waals surface area contributed by atoms with E-state index in [1.54, 1.807) is 0 Å². The standard InChI is InChI=1S/C14H11NO.2C2H6/c1-10-6-7-14(16-10)12-8-11-4-2-3-5-13(11)15-9-12;2*1-2/h2-9H,1H3;2*1-2H3. The number of aryl methyl sites for hydroxylation is 1. The summed E-state index contributed by atoms with van der Waals surface area (Å²) in [4.78, 5) is 4.41. The van der Waals surface area contributed by atoms with Crippen LogP contribution in [-0.4, -0.2) is 4.98 Å². The van der Waals surface area contributed by atoms with Crippen LogP contribution in [0, 0.1) is 6.92 Å². The van der Waals surface area contributed by atoms with Crippen molar-refractivity contribution in [1.29, 1.82) is 0 Å². The van der Waals surface area contributed by atoms with Gasteiger partial charge in [-0.1, -0.05) is 45.9 Å². The highest BCUT2D eigenvalue weighted by atomic mass is 16.3. The highest BCUT2D eigenvalue weighted by Crippen LogP contribution is 2.24. The second kappa shape index (κ2) is 8.16. The third kappa shape index (κ3) is 3.70. The molecule has 0 bridgehead atoms. The van der Waals surface area contributed by atoms with Crippen LogP contribution in [0.3, 0.4) is 0 Å². The Kier molecular flexibility index (Phi) is 6.51. The number of benzene rings is 1. The van der Waals surface area contributed by atoms with Crippen molar-refractivity contribution in [3.8, 4) is 11.3 Å². The largest absolute Gasteiger partial charge is 0.461 e. The first kappa shape index (κ1) is 16.0. The fourth-order valence-corrected chi connectivity index (χ4v) is 1.80. The van der Waals surface area contributed by atoms with Gasteiger partial charge in [-0.05, 0) is 31.2 Å². The van der Waals surface area contributed by atoms with Crippen LogP contribution < -0.4 is 0 Å². The summed E-state index contributed by atoms with van der Waals surface area (Å²) in [6.45, 7) is 9.94. The van der Waals surface area contributed by atoms with Gasteiger partial charge in [0.2, 0.25) is 0 Å². The van der Waals surface area contributed by atoms with Gasteiger partial charge < -0.3 is 4.42 Å². The molecule has 1 aromatic carbocycles. The Labute approximate surface area is 121 Å². The van der Waals surface area contributed by atoms with Crippen molar-refractivity contribution in [2.75, 3.05) is 0 Å². The molecule has 0 aliphatic carbocycles. The van der Waals surface area contributed by atoms with Crippen molar-refractivity contribution in [2.24, 2.45) is 0 Å². The third-order valence-corrected chi connectivity index (χ3v) is 2.62. The molecule has 2 heteroatoms. The molecule has 0 unspecified atom stereocenters. The van der Waals surface area contributed by atoms with Crippen LogP contribution in [0.2, 0.25) is 0 Å². The molecule has 0 spiro atoms. The first-order chi connectivity index (χ1) is 9.83. The smallest absolute Gasteiger partial charge is 0.135 e. The minimum Gasteiger partial charge on any atom is -0.461 e. The molecule has 106 valence electrons. The maximum atomic E-state index is 5.58. The van der Waals surface area contributed by atoms with Crippen molar-refractivity contribution in [3.05, 3.63) is 54.4 Å². The number of para-hydroxylation sites is 1. The molecule has 0 saturated heterocycles. The van der Waals surface area contributed by atoms with E-state index in [1.807, 2.05) is 71.1 Å². The zero-order valence-corrected chi connectivity index (χ0v) is 13.0. The highest BCUT2D eigenvalue weighted by Gasteiger charge is 2.03. The Hall–Kier alpha value is -2.09. The number of aromatic nitrogens is 1. The number of furan rings is 1. The molecular weight excluding hydrogens is 246 g/mol. The van der Waals surface area contributed by atoms with Gasteiger partial charge in [0, 0.05) is 17.1 Å². The van der Waals surface area contributed by atoms with Crippen LogP contribution in [0.15, 0.2) is 53.1 Å². The van der Waals surface area contributed by atoms with Crippen LogP contribution in [0.5, 0.6) is 0 Å². The van der Waals surface area contributed by atoms with Gasteiger partial charge in [0.15, 0.2) is 0 Å². The van der Waals surface area contributed by atoms with Gasteiger partial charge in [0.05, 0.1) is 5.52 Å². The van der Waals surface area contributed by atoms with Crippen molar-refractivity contribution >= 4 is 10.9 Å². The van der Waals surface area contributed by atoms with Crippen molar-refractivity contribution in [1.82, 2.24) is 4.98 Å². The van der Waals surface area contributed by atoms with Gasteiger partial charge in [-0.2, -0.15) is 0 Å². The number of nitrogens with zero attached hydrogens (tertiary/aromatic N) is 1. The average molecular weight is 269 g/mol. The van der Waals surface area contributed by atoms with Crippen LogP contribution in [0.4, 0.5) is 0 Å². The number of hydrogen-bond donors (Lipinski definition) is 0. The minimum absolute atomic E-state index is 0.871. The topological polar surface area (TPSA) is 26.0 Å². The molecule has 0 amide bonds. The van der Waals surface area contributed by atoms with E-state index in [9.17, 15) is 0 Å². The van der Waals surface area contributed by atoms with E-state index < -0.39 is 0 Å². The second-order valence-corrected chi connectivity index (χ2v) is 3.83. The quantitative estimate of drug-likeness (QED) is 0.553. The van der Waals surface area contributed by atoms with Gasteiger partial charge in [0.25, 0.3) is 0 Å². The Morgan fingerprint density at radius 2 is 1.60 bits per heavy atom. The zero-order chi connectivity index (χ0) is 15.0. The molecule has 0 aliphatic heterocycles. The van der Waals surface area contributed by atoms with E-state index in [-0.39, 0.29) is 0 Å². The van der Waals surface area contributed by atoms with E-state index in [1.165, 1.54) is 0 Å². The minimum atomic E-state index is 0.871. The first-order valence-electron chi connectivity index (χ1n) is 7.24. The molecule has 0 atom stereocenters. The first-order valence-corrected chi connectivity index (χ1v) is 7.24. The second-order valence-electron chi connectivity index (χ2n) is 3.83. The van der Waals surface area contributed by atoms with Crippen molar-refractivity contribution in [3.63, 3.8) is 0 Å².